The van der Waals surface area contributed by atoms with Gasteiger partial charge in [0.25, 0.3) is 0 Å². The second-order valence-corrected chi connectivity index (χ2v) is 7.84. The first-order valence-corrected chi connectivity index (χ1v) is 10.2. The van der Waals surface area contributed by atoms with Crippen LogP contribution < -0.4 is 0 Å². The van der Waals surface area contributed by atoms with Crippen LogP contribution in [0, 0.1) is 0 Å². The summed E-state index contributed by atoms with van der Waals surface area (Å²) in [4.78, 5) is 4.08. The Morgan fingerprint density at radius 2 is 1.81 bits per heavy atom. The van der Waals surface area contributed by atoms with Gasteiger partial charge >= 0.3 is 0 Å². The quantitative estimate of drug-likeness (QED) is 0.464. The Balaban J connectivity index is 1.56. The second-order valence-electron chi connectivity index (χ2n) is 7.43. The third-order valence-corrected chi connectivity index (χ3v) is 5.71. The third-order valence-electron chi connectivity index (χ3n) is 5.34. The summed E-state index contributed by atoms with van der Waals surface area (Å²) < 4.78 is 5.64. The topological polar surface area (TPSA) is 129 Å². The number of aromatic nitrogens is 3. The van der Waals surface area contributed by atoms with Crippen molar-refractivity contribution in [1.82, 2.24) is 15.2 Å². The van der Waals surface area contributed by atoms with Crippen molar-refractivity contribution in [2.75, 3.05) is 6.61 Å². The molecule has 4 N–H and O–H groups in total. The molecular formula is C22H22ClN3O5. The molecule has 162 valence electrons. The highest BCUT2D eigenvalue weighted by atomic mass is 35.5. The van der Waals surface area contributed by atoms with Gasteiger partial charge in [-0.25, -0.2) is 0 Å². The fraction of sp³-hybridized carbons (Fsp3) is 0.318. The lowest BCUT2D eigenvalue weighted by Crippen LogP contribution is -2.55. The average Bonchev–Trinajstić information content (AvgIpc) is 2.80. The van der Waals surface area contributed by atoms with E-state index in [1.54, 1.807) is 30.6 Å². The predicted octanol–water partition coefficient (Wildman–Crippen LogP) is 1.30. The van der Waals surface area contributed by atoms with E-state index in [1.807, 2.05) is 24.3 Å². The van der Waals surface area contributed by atoms with Crippen LogP contribution in [0.25, 0.3) is 11.3 Å². The fourth-order valence-corrected chi connectivity index (χ4v) is 3.79. The van der Waals surface area contributed by atoms with E-state index in [0.717, 1.165) is 11.1 Å². The molecule has 0 amide bonds. The number of halogens is 1. The number of hydrogen-bond donors (Lipinski definition) is 4. The SMILES string of the molecule is OC[C@H]1O[C@@H](c2ccc(Cl)c(Cc3ccc(-c4cccnc4)nn3)c2)[C@H](O)[C@@H](O)[C@@H]1O. The Morgan fingerprint density at radius 3 is 2.48 bits per heavy atom. The van der Waals surface area contributed by atoms with E-state index in [4.69, 9.17) is 16.3 Å². The summed E-state index contributed by atoms with van der Waals surface area (Å²) in [5.74, 6) is 0. The fourth-order valence-electron chi connectivity index (χ4n) is 3.60. The van der Waals surface area contributed by atoms with Crippen molar-refractivity contribution in [3.05, 3.63) is 76.7 Å². The van der Waals surface area contributed by atoms with Crippen LogP contribution in [0.15, 0.2) is 54.9 Å². The molecule has 3 heterocycles. The average molecular weight is 444 g/mol. The predicted molar refractivity (Wildman–Crippen MR) is 112 cm³/mol. The molecule has 1 aromatic carbocycles. The molecule has 3 aromatic rings. The number of aliphatic hydroxyl groups excluding tert-OH is 4. The van der Waals surface area contributed by atoms with Gasteiger partial charge in [0, 0.05) is 29.4 Å². The van der Waals surface area contributed by atoms with Crippen LogP contribution in [0.4, 0.5) is 0 Å². The van der Waals surface area contributed by atoms with Gasteiger partial charge < -0.3 is 25.2 Å². The summed E-state index contributed by atoms with van der Waals surface area (Å²) in [5, 5.41) is 48.9. The molecule has 0 unspecified atom stereocenters. The molecule has 5 atom stereocenters. The number of nitrogens with zero attached hydrogens (tertiary/aromatic N) is 3. The maximum atomic E-state index is 10.4. The summed E-state index contributed by atoms with van der Waals surface area (Å²) in [6.45, 7) is -0.485. The highest BCUT2D eigenvalue weighted by Gasteiger charge is 2.44. The van der Waals surface area contributed by atoms with E-state index in [-0.39, 0.29) is 0 Å². The van der Waals surface area contributed by atoms with Gasteiger partial charge in [-0.05, 0) is 41.5 Å². The lowest BCUT2D eigenvalue weighted by atomic mass is 9.90. The van der Waals surface area contributed by atoms with Crippen molar-refractivity contribution in [2.45, 2.75) is 36.9 Å². The molecule has 0 bridgehead atoms. The van der Waals surface area contributed by atoms with Crippen LogP contribution in [0.5, 0.6) is 0 Å². The summed E-state index contributed by atoms with van der Waals surface area (Å²) in [7, 11) is 0. The monoisotopic (exact) mass is 443 g/mol. The number of rotatable bonds is 5. The molecule has 2 aromatic heterocycles. The molecule has 0 radical (unpaired) electrons. The highest BCUT2D eigenvalue weighted by molar-refractivity contribution is 6.31. The van der Waals surface area contributed by atoms with E-state index >= 15 is 0 Å². The number of benzene rings is 1. The van der Waals surface area contributed by atoms with Gasteiger partial charge in [-0.15, -0.1) is 0 Å². The highest BCUT2D eigenvalue weighted by Crippen LogP contribution is 2.34. The molecule has 0 saturated carbocycles. The third kappa shape index (κ3) is 4.59. The molecule has 9 heteroatoms. The van der Waals surface area contributed by atoms with Gasteiger partial charge in [-0.1, -0.05) is 23.7 Å². The normalized spacial score (nSPS) is 26.0. The molecule has 1 aliphatic heterocycles. The Labute approximate surface area is 183 Å². The van der Waals surface area contributed by atoms with Crippen LogP contribution in [0.2, 0.25) is 5.02 Å². The van der Waals surface area contributed by atoms with Gasteiger partial charge in [-0.2, -0.15) is 10.2 Å². The Morgan fingerprint density at radius 1 is 0.968 bits per heavy atom. The van der Waals surface area contributed by atoms with Gasteiger partial charge in [0.05, 0.1) is 18.0 Å². The molecule has 1 fully saturated rings. The number of ether oxygens (including phenoxy) is 1. The molecule has 4 rings (SSSR count). The summed E-state index contributed by atoms with van der Waals surface area (Å²) >= 11 is 6.37. The van der Waals surface area contributed by atoms with Crippen molar-refractivity contribution < 1.29 is 25.2 Å². The minimum atomic E-state index is -1.44. The zero-order chi connectivity index (χ0) is 22.0. The van der Waals surface area contributed by atoms with E-state index in [2.05, 4.69) is 15.2 Å². The first kappa shape index (κ1) is 21.8. The largest absolute Gasteiger partial charge is 0.394 e. The van der Waals surface area contributed by atoms with E-state index < -0.39 is 37.1 Å². The maximum Gasteiger partial charge on any atom is 0.113 e. The molecule has 8 nitrogen and oxygen atoms in total. The molecule has 31 heavy (non-hydrogen) atoms. The summed E-state index contributed by atoms with van der Waals surface area (Å²) in [6.07, 6.45) is -2.31. The number of hydrogen-bond acceptors (Lipinski definition) is 8. The van der Waals surface area contributed by atoms with Gasteiger partial charge in [0.15, 0.2) is 0 Å². The molecular weight excluding hydrogens is 422 g/mol. The van der Waals surface area contributed by atoms with Crippen LogP contribution in [-0.4, -0.2) is 66.6 Å². The number of aliphatic hydroxyl groups is 4. The standard InChI is InChI=1S/C22H22ClN3O5/c23-16-5-3-12(22-21(30)20(29)19(28)18(11-27)31-22)8-14(16)9-15-4-6-17(26-25-15)13-2-1-7-24-10-13/h1-8,10,18-22,27-30H,9,11H2/t18-,19-,20+,21-,22+/m1/s1. The minimum absolute atomic E-state index is 0.393. The Bertz CT molecular complexity index is 1020. The zero-order valence-corrected chi connectivity index (χ0v) is 17.2. The molecule has 1 aliphatic rings. The van der Waals surface area contributed by atoms with E-state index in [1.165, 1.54) is 0 Å². The Kier molecular flexibility index (Phi) is 6.57. The summed E-state index contributed by atoms with van der Waals surface area (Å²) in [6, 6.07) is 12.5. The van der Waals surface area contributed by atoms with Crippen molar-refractivity contribution in [2.24, 2.45) is 0 Å². The van der Waals surface area contributed by atoms with Crippen LogP contribution in [-0.2, 0) is 11.2 Å². The minimum Gasteiger partial charge on any atom is -0.394 e. The molecule has 0 spiro atoms. The summed E-state index contributed by atoms with van der Waals surface area (Å²) in [5.41, 5.74) is 3.57. The lowest BCUT2D eigenvalue weighted by Gasteiger charge is -2.40. The van der Waals surface area contributed by atoms with Crippen LogP contribution in [0.3, 0.4) is 0 Å². The maximum absolute atomic E-state index is 10.4. The molecule has 1 saturated heterocycles. The first-order valence-electron chi connectivity index (χ1n) is 9.79. The molecule has 0 aliphatic carbocycles. The van der Waals surface area contributed by atoms with Crippen molar-refractivity contribution >= 4 is 11.6 Å². The zero-order valence-electron chi connectivity index (χ0n) is 16.4. The van der Waals surface area contributed by atoms with Crippen LogP contribution in [0.1, 0.15) is 22.9 Å². The Hall–Kier alpha value is -2.46. The van der Waals surface area contributed by atoms with Gasteiger partial charge in [0.2, 0.25) is 0 Å². The van der Waals surface area contributed by atoms with Gasteiger partial charge in [-0.3, -0.25) is 4.98 Å². The smallest absolute Gasteiger partial charge is 0.113 e. The second kappa shape index (κ2) is 9.35. The van der Waals surface area contributed by atoms with E-state index in [0.29, 0.717) is 28.4 Å². The van der Waals surface area contributed by atoms with Crippen LogP contribution >= 0.6 is 11.6 Å². The lowest BCUT2D eigenvalue weighted by molar-refractivity contribution is -0.231. The van der Waals surface area contributed by atoms with E-state index in [9.17, 15) is 20.4 Å². The van der Waals surface area contributed by atoms with Crippen molar-refractivity contribution in [3.8, 4) is 11.3 Å². The van der Waals surface area contributed by atoms with Gasteiger partial charge in [0.1, 0.15) is 30.5 Å². The van der Waals surface area contributed by atoms with Crippen molar-refractivity contribution in [1.29, 1.82) is 0 Å². The number of pyridine rings is 1. The first-order chi connectivity index (χ1) is 15.0. The van der Waals surface area contributed by atoms with Crippen molar-refractivity contribution in [3.63, 3.8) is 0 Å².